The molecule has 1 N–H and O–H groups in total. The van der Waals surface area contributed by atoms with Crippen molar-refractivity contribution in [1.82, 2.24) is 9.97 Å². The molecule has 1 fully saturated rings. The first-order chi connectivity index (χ1) is 14.2. The van der Waals surface area contributed by atoms with Gasteiger partial charge in [0.2, 0.25) is 5.95 Å². The number of rotatable bonds is 6. The number of nitrogens with zero attached hydrogens (tertiary/aromatic N) is 3. The normalized spacial score (nSPS) is 16.5. The zero-order valence-corrected chi connectivity index (χ0v) is 17.1. The van der Waals surface area contributed by atoms with Crippen molar-refractivity contribution < 1.29 is 4.74 Å². The third-order valence-electron chi connectivity index (χ3n) is 5.36. The number of methoxy groups -OCH3 is 1. The van der Waals surface area contributed by atoms with Crippen LogP contribution in [0.3, 0.4) is 0 Å². The van der Waals surface area contributed by atoms with Crippen LogP contribution in [0.4, 0.5) is 11.8 Å². The highest BCUT2D eigenvalue weighted by molar-refractivity contribution is 5.64. The third-order valence-corrected chi connectivity index (χ3v) is 5.36. The Labute approximate surface area is 172 Å². The number of anilines is 2. The fourth-order valence-electron chi connectivity index (χ4n) is 3.73. The predicted octanol–water partition coefficient (Wildman–Crippen LogP) is 5.00. The second kappa shape index (κ2) is 8.95. The lowest BCUT2D eigenvalue weighted by atomic mass is 10.0. The molecule has 5 nitrogen and oxygen atoms in total. The molecule has 0 spiro atoms. The molecule has 5 heteroatoms. The highest BCUT2D eigenvalue weighted by Gasteiger charge is 2.20. The number of aromatic nitrogens is 2. The summed E-state index contributed by atoms with van der Waals surface area (Å²) in [5, 5.41) is 3.48. The van der Waals surface area contributed by atoms with Gasteiger partial charge in [0.25, 0.3) is 0 Å². The first-order valence-electron chi connectivity index (χ1n) is 10.3. The maximum absolute atomic E-state index is 5.24. The minimum atomic E-state index is 0.670. The first kappa shape index (κ1) is 19.2. The first-order valence-corrected chi connectivity index (χ1v) is 10.3. The number of hydrogen-bond donors (Lipinski definition) is 1. The smallest absolute Gasteiger partial charge is 0.227 e. The Hall–Kier alpha value is -3.08. The van der Waals surface area contributed by atoms with E-state index in [2.05, 4.69) is 41.4 Å². The van der Waals surface area contributed by atoms with E-state index < -0.39 is 0 Å². The van der Waals surface area contributed by atoms with Crippen molar-refractivity contribution in [3.63, 3.8) is 0 Å². The molecule has 3 aromatic rings. The number of ether oxygens (including phenoxy) is 1. The van der Waals surface area contributed by atoms with Crippen molar-refractivity contribution in [3.8, 4) is 17.0 Å². The van der Waals surface area contributed by atoms with Gasteiger partial charge < -0.3 is 15.0 Å². The quantitative estimate of drug-likeness (QED) is 0.644. The lowest BCUT2D eigenvalue weighted by Crippen LogP contribution is -2.35. The van der Waals surface area contributed by atoms with Gasteiger partial charge in [-0.15, -0.1) is 0 Å². The Kier molecular flexibility index (Phi) is 5.94. The van der Waals surface area contributed by atoms with Crippen LogP contribution in [0.2, 0.25) is 0 Å². The van der Waals surface area contributed by atoms with Crippen LogP contribution >= 0.6 is 0 Å². The molecule has 2 heterocycles. The molecule has 1 atom stereocenters. The molecule has 0 amide bonds. The Bertz CT molecular complexity index is 927. The van der Waals surface area contributed by atoms with Crippen LogP contribution in [0.1, 0.15) is 25.3 Å². The van der Waals surface area contributed by atoms with Gasteiger partial charge in [-0.3, -0.25) is 0 Å². The third kappa shape index (κ3) is 4.86. The van der Waals surface area contributed by atoms with E-state index in [1.54, 1.807) is 7.11 Å². The average Bonchev–Trinajstić information content (AvgIpc) is 2.78. The summed E-state index contributed by atoms with van der Waals surface area (Å²) in [5.74, 6) is 3.20. The predicted molar refractivity (Wildman–Crippen MR) is 118 cm³/mol. The van der Waals surface area contributed by atoms with Gasteiger partial charge in [-0.2, -0.15) is 4.98 Å². The summed E-state index contributed by atoms with van der Waals surface area (Å²) in [7, 11) is 1.68. The molecule has 2 aromatic carbocycles. The molecule has 4 rings (SSSR count). The van der Waals surface area contributed by atoms with Crippen molar-refractivity contribution in [2.75, 3.05) is 30.4 Å². The molecule has 1 aliphatic rings. The van der Waals surface area contributed by atoms with E-state index in [9.17, 15) is 0 Å². The SMILES string of the molecule is COc1ccc(CNc2cc(-c3ccccc3)nc(N3CCCC(C)C3)n2)cc1. The molecule has 1 aromatic heterocycles. The second-order valence-corrected chi connectivity index (χ2v) is 7.70. The summed E-state index contributed by atoms with van der Waals surface area (Å²) in [6.45, 7) is 5.03. The van der Waals surface area contributed by atoms with Crippen LogP contribution < -0.4 is 15.0 Å². The van der Waals surface area contributed by atoms with Gasteiger partial charge >= 0.3 is 0 Å². The standard InChI is InChI=1S/C24H28N4O/c1-18-7-6-14-28(17-18)24-26-22(20-8-4-3-5-9-20)15-23(27-24)25-16-19-10-12-21(29-2)13-11-19/h3-5,8-13,15,18H,6-7,14,16-17H2,1-2H3,(H,25,26,27). The molecule has 1 aliphatic heterocycles. The fraction of sp³-hybridized carbons (Fsp3) is 0.333. The highest BCUT2D eigenvalue weighted by Crippen LogP contribution is 2.26. The van der Waals surface area contributed by atoms with Gasteiger partial charge in [0.1, 0.15) is 11.6 Å². The van der Waals surface area contributed by atoms with Gasteiger partial charge in [0.15, 0.2) is 0 Å². The van der Waals surface area contributed by atoms with Gasteiger partial charge in [-0.05, 0) is 36.5 Å². The lowest BCUT2D eigenvalue weighted by molar-refractivity contribution is 0.414. The molecule has 150 valence electrons. The molecule has 0 radical (unpaired) electrons. The number of benzene rings is 2. The van der Waals surface area contributed by atoms with Gasteiger partial charge in [0.05, 0.1) is 12.8 Å². The van der Waals surface area contributed by atoms with Crippen molar-refractivity contribution in [3.05, 3.63) is 66.2 Å². The Morgan fingerprint density at radius 1 is 1.07 bits per heavy atom. The van der Waals surface area contributed by atoms with E-state index >= 15 is 0 Å². The molecule has 0 aliphatic carbocycles. The zero-order chi connectivity index (χ0) is 20.1. The van der Waals surface area contributed by atoms with Crippen molar-refractivity contribution >= 4 is 11.8 Å². The summed E-state index contributed by atoms with van der Waals surface area (Å²) in [6.07, 6.45) is 2.46. The molecular weight excluding hydrogens is 360 g/mol. The van der Waals surface area contributed by atoms with Crippen molar-refractivity contribution in [1.29, 1.82) is 0 Å². The summed E-state index contributed by atoms with van der Waals surface area (Å²) >= 11 is 0. The number of piperidine rings is 1. The minimum Gasteiger partial charge on any atom is -0.497 e. The van der Waals surface area contributed by atoms with Crippen LogP contribution in [0.25, 0.3) is 11.3 Å². The van der Waals surface area contributed by atoms with E-state index in [1.165, 1.54) is 18.4 Å². The maximum atomic E-state index is 5.24. The van der Waals surface area contributed by atoms with Crippen molar-refractivity contribution in [2.45, 2.75) is 26.3 Å². The fourth-order valence-corrected chi connectivity index (χ4v) is 3.73. The summed E-state index contributed by atoms with van der Waals surface area (Å²) in [5.41, 5.74) is 3.23. The maximum Gasteiger partial charge on any atom is 0.227 e. The molecule has 29 heavy (non-hydrogen) atoms. The number of hydrogen-bond acceptors (Lipinski definition) is 5. The molecular formula is C24H28N4O. The summed E-state index contributed by atoms with van der Waals surface area (Å²) < 4.78 is 5.24. The monoisotopic (exact) mass is 388 g/mol. The Balaban J connectivity index is 1.60. The average molecular weight is 389 g/mol. The molecule has 0 saturated carbocycles. The van der Waals surface area contributed by atoms with E-state index in [0.717, 1.165) is 41.9 Å². The van der Waals surface area contributed by atoms with E-state index in [-0.39, 0.29) is 0 Å². The zero-order valence-electron chi connectivity index (χ0n) is 17.1. The topological polar surface area (TPSA) is 50.3 Å². The Morgan fingerprint density at radius 3 is 2.59 bits per heavy atom. The van der Waals surface area contributed by atoms with Crippen molar-refractivity contribution in [2.24, 2.45) is 5.92 Å². The Morgan fingerprint density at radius 2 is 1.86 bits per heavy atom. The second-order valence-electron chi connectivity index (χ2n) is 7.70. The summed E-state index contributed by atoms with van der Waals surface area (Å²) in [6, 6.07) is 20.4. The van der Waals surface area contributed by atoms with Gasteiger partial charge in [-0.25, -0.2) is 4.98 Å². The lowest BCUT2D eigenvalue weighted by Gasteiger charge is -2.31. The van der Waals surface area contributed by atoms with Crippen LogP contribution in [-0.2, 0) is 6.54 Å². The van der Waals surface area contributed by atoms with Crippen LogP contribution in [-0.4, -0.2) is 30.2 Å². The molecule has 0 bridgehead atoms. The van der Waals surface area contributed by atoms with Crippen LogP contribution in [0, 0.1) is 5.92 Å². The largest absolute Gasteiger partial charge is 0.497 e. The van der Waals surface area contributed by atoms with E-state index in [4.69, 9.17) is 14.7 Å². The number of nitrogens with one attached hydrogen (secondary N) is 1. The van der Waals surface area contributed by atoms with E-state index in [1.807, 2.05) is 36.4 Å². The molecule has 1 unspecified atom stereocenters. The van der Waals surface area contributed by atoms with Crippen LogP contribution in [0.15, 0.2) is 60.7 Å². The molecule has 1 saturated heterocycles. The van der Waals surface area contributed by atoms with Gasteiger partial charge in [-0.1, -0.05) is 49.4 Å². The van der Waals surface area contributed by atoms with Gasteiger partial charge in [0, 0.05) is 31.3 Å². The van der Waals surface area contributed by atoms with Crippen LogP contribution in [0.5, 0.6) is 5.75 Å². The minimum absolute atomic E-state index is 0.670. The summed E-state index contributed by atoms with van der Waals surface area (Å²) in [4.78, 5) is 12.1. The van der Waals surface area contributed by atoms with E-state index in [0.29, 0.717) is 12.5 Å². The highest BCUT2D eigenvalue weighted by atomic mass is 16.5.